The first-order chi connectivity index (χ1) is 15.0. The molecule has 3 aromatic rings. The lowest BCUT2D eigenvalue weighted by Gasteiger charge is -2.34. The Morgan fingerprint density at radius 1 is 0.903 bits per heavy atom. The van der Waals surface area contributed by atoms with Gasteiger partial charge in [-0.1, -0.05) is 83.9 Å². The topological polar surface area (TPSA) is 46.3 Å². The molecule has 0 aliphatic carbocycles. The third kappa shape index (κ3) is 5.30. The smallest absolute Gasteiger partial charge is 0.239 e. The number of carbonyl (C=O) groups is 1. The molecule has 1 saturated heterocycles. The van der Waals surface area contributed by atoms with Crippen LogP contribution in [0.5, 0.6) is 0 Å². The first-order valence-electron chi connectivity index (χ1n) is 10.6. The van der Waals surface area contributed by atoms with Gasteiger partial charge >= 0.3 is 0 Å². The number of hydrogen-bond acceptors (Lipinski definition) is 2. The Labute approximate surface area is 193 Å². The van der Waals surface area contributed by atoms with Gasteiger partial charge in [0, 0.05) is 13.1 Å². The number of nitrogens with zero attached hydrogens (tertiary/aromatic N) is 1. The maximum Gasteiger partial charge on any atom is 0.239 e. The maximum atomic E-state index is 12.9. The minimum absolute atomic E-state index is 0.00237. The molecule has 0 radical (unpaired) electrons. The van der Waals surface area contributed by atoms with Crippen molar-refractivity contribution < 1.29 is 4.79 Å². The number of rotatable bonds is 5. The highest BCUT2D eigenvalue weighted by Gasteiger charge is 2.27. The summed E-state index contributed by atoms with van der Waals surface area (Å²) >= 11 is 12.1. The molecular weight excluding hydrogens is 427 g/mol. The molecule has 2 N–H and O–H groups in total. The van der Waals surface area contributed by atoms with E-state index in [4.69, 9.17) is 28.9 Å². The van der Waals surface area contributed by atoms with Gasteiger partial charge in [-0.3, -0.25) is 4.79 Å². The van der Waals surface area contributed by atoms with Gasteiger partial charge in [-0.05, 0) is 59.6 Å². The number of carbonyl (C=O) groups excluding carboxylic acids is 1. The second-order valence-corrected chi connectivity index (χ2v) is 8.96. The van der Waals surface area contributed by atoms with E-state index in [2.05, 4.69) is 48.5 Å². The van der Waals surface area contributed by atoms with Gasteiger partial charge < -0.3 is 10.6 Å². The lowest BCUT2D eigenvalue weighted by Crippen LogP contribution is -2.47. The highest BCUT2D eigenvalue weighted by atomic mass is 35.5. The predicted molar refractivity (Wildman–Crippen MR) is 129 cm³/mol. The van der Waals surface area contributed by atoms with Crippen molar-refractivity contribution in [3.05, 3.63) is 94.0 Å². The zero-order valence-electron chi connectivity index (χ0n) is 17.3. The second-order valence-electron chi connectivity index (χ2n) is 8.15. The molecule has 3 aromatic carbocycles. The second kappa shape index (κ2) is 9.86. The number of benzene rings is 3. The van der Waals surface area contributed by atoms with E-state index in [9.17, 15) is 4.79 Å². The molecule has 0 bridgehead atoms. The van der Waals surface area contributed by atoms with Crippen molar-refractivity contribution in [3.63, 3.8) is 0 Å². The van der Waals surface area contributed by atoms with E-state index in [1.165, 1.54) is 16.7 Å². The van der Waals surface area contributed by atoms with Gasteiger partial charge in [0.15, 0.2) is 0 Å². The molecule has 5 heteroatoms. The van der Waals surface area contributed by atoms with Gasteiger partial charge in [-0.2, -0.15) is 0 Å². The van der Waals surface area contributed by atoms with E-state index in [0.29, 0.717) is 22.4 Å². The van der Waals surface area contributed by atoms with Gasteiger partial charge in [-0.25, -0.2) is 0 Å². The van der Waals surface area contributed by atoms with E-state index in [-0.39, 0.29) is 5.91 Å². The Balaban J connectivity index is 1.36. The molecule has 1 heterocycles. The van der Waals surface area contributed by atoms with Crippen molar-refractivity contribution >= 4 is 29.1 Å². The molecule has 0 aromatic heterocycles. The molecule has 3 nitrogen and oxygen atoms in total. The third-order valence-corrected chi connectivity index (χ3v) is 6.77. The van der Waals surface area contributed by atoms with Crippen LogP contribution < -0.4 is 5.73 Å². The summed E-state index contributed by atoms with van der Waals surface area (Å²) in [6.45, 7) is 1.46. The summed E-state index contributed by atoms with van der Waals surface area (Å²) in [5, 5.41) is 0.987. The quantitative estimate of drug-likeness (QED) is 0.520. The molecule has 31 heavy (non-hydrogen) atoms. The fraction of sp³-hybridized carbons (Fsp3) is 0.269. The van der Waals surface area contributed by atoms with Crippen LogP contribution in [-0.2, 0) is 11.2 Å². The van der Waals surface area contributed by atoms with E-state index in [1.54, 1.807) is 12.1 Å². The summed E-state index contributed by atoms with van der Waals surface area (Å²) in [6.07, 6.45) is 2.35. The van der Waals surface area contributed by atoms with Gasteiger partial charge in [0.05, 0.1) is 16.1 Å². The van der Waals surface area contributed by atoms with Crippen LogP contribution in [0.4, 0.5) is 0 Å². The van der Waals surface area contributed by atoms with Crippen molar-refractivity contribution in [1.82, 2.24) is 4.90 Å². The van der Waals surface area contributed by atoms with Gasteiger partial charge in [0.25, 0.3) is 0 Å². The Morgan fingerprint density at radius 3 is 2.32 bits per heavy atom. The lowest BCUT2D eigenvalue weighted by molar-refractivity contribution is -0.133. The minimum atomic E-state index is -0.574. The number of likely N-dealkylation sites (tertiary alicyclic amines) is 1. The molecule has 1 unspecified atom stereocenters. The number of halogens is 2. The average molecular weight is 453 g/mol. The highest BCUT2D eigenvalue weighted by Crippen LogP contribution is 2.31. The molecule has 1 amide bonds. The van der Waals surface area contributed by atoms with Crippen molar-refractivity contribution in [2.24, 2.45) is 5.73 Å². The van der Waals surface area contributed by atoms with E-state index in [0.717, 1.165) is 31.5 Å². The zero-order valence-corrected chi connectivity index (χ0v) is 18.8. The van der Waals surface area contributed by atoms with Crippen LogP contribution >= 0.6 is 23.2 Å². The van der Waals surface area contributed by atoms with Gasteiger partial charge in [0.1, 0.15) is 0 Å². The summed E-state index contributed by atoms with van der Waals surface area (Å²) < 4.78 is 0. The Hall–Kier alpha value is -2.33. The van der Waals surface area contributed by atoms with Crippen LogP contribution in [0.1, 0.15) is 29.9 Å². The van der Waals surface area contributed by atoms with Crippen LogP contribution in [0.25, 0.3) is 11.1 Å². The average Bonchev–Trinajstić information content (AvgIpc) is 2.82. The van der Waals surface area contributed by atoms with Crippen LogP contribution in [0.15, 0.2) is 72.8 Å². The summed E-state index contributed by atoms with van der Waals surface area (Å²) in [5.41, 5.74) is 11.0. The van der Waals surface area contributed by atoms with E-state index in [1.807, 2.05) is 17.0 Å². The molecule has 0 spiro atoms. The molecular formula is C26H26Cl2N2O. The Kier molecular flexibility index (Phi) is 6.96. The van der Waals surface area contributed by atoms with Crippen molar-refractivity contribution in [2.75, 3.05) is 13.1 Å². The SMILES string of the molecule is NC(Cc1ccc(Cl)c(Cl)c1)C(=O)N1CCC(c2cccc(-c3ccccc3)c2)CC1. The number of amides is 1. The normalized spacial score (nSPS) is 15.6. The Morgan fingerprint density at radius 2 is 1.61 bits per heavy atom. The summed E-state index contributed by atoms with van der Waals surface area (Å²) in [4.78, 5) is 14.8. The molecule has 1 aliphatic rings. The van der Waals surface area contributed by atoms with Gasteiger partial charge in [-0.15, -0.1) is 0 Å². The first kappa shape index (κ1) is 21.9. The minimum Gasteiger partial charge on any atom is -0.341 e. The van der Waals surface area contributed by atoms with E-state index < -0.39 is 6.04 Å². The van der Waals surface area contributed by atoms with Gasteiger partial charge in [0.2, 0.25) is 5.91 Å². The molecule has 1 fully saturated rings. The third-order valence-electron chi connectivity index (χ3n) is 6.03. The predicted octanol–water partition coefficient (Wildman–Crippen LogP) is 5.94. The summed E-state index contributed by atoms with van der Waals surface area (Å²) in [6, 6.07) is 24.0. The van der Waals surface area contributed by atoms with Crippen molar-refractivity contribution in [3.8, 4) is 11.1 Å². The summed E-state index contributed by atoms with van der Waals surface area (Å²) in [7, 11) is 0. The lowest BCUT2D eigenvalue weighted by atomic mass is 9.87. The van der Waals surface area contributed by atoms with Crippen LogP contribution in [0.3, 0.4) is 0 Å². The number of piperidine rings is 1. The molecule has 4 rings (SSSR count). The monoisotopic (exact) mass is 452 g/mol. The van der Waals surface area contributed by atoms with Crippen LogP contribution in [0.2, 0.25) is 10.0 Å². The fourth-order valence-electron chi connectivity index (χ4n) is 4.28. The number of hydrogen-bond donors (Lipinski definition) is 1. The molecule has 1 aliphatic heterocycles. The maximum absolute atomic E-state index is 12.9. The van der Waals surface area contributed by atoms with Crippen LogP contribution in [0, 0.1) is 0 Å². The van der Waals surface area contributed by atoms with E-state index >= 15 is 0 Å². The summed E-state index contributed by atoms with van der Waals surface area (Å²) in [5.74, 6) is 0.460. The van der Waals surface area contributed by atoms with Crippen molar-refractivity contribution in [1.29, 1.82) is 0 Å². The standard InChI is InChI=1S/C26H26Cl2N2O/c27-23-10-9-18(15-24(23)28)16-25(29)26(31)30-13-11-20(12-14-30)22-8-4-7-21(17-22)19-5-2-1-3-6-19/h1-10,15,17,20,25H,11-14,16,29H2. The fourth-order valence-corrected chi connectivity index (χ4v) is 4.60. The Bertz CT molecular complexity index is 1050. The highest BCUT2D eigenvalue weighted by molar-refractivity contribution is 6.42. The van der Waals surface area contributed by atoms with Crippen molar-refractivity contribution in [2.45, 2.75) is 31.2 Å². The largest absolute Gasteiger partial charge is 0.341 e. The van der Waals surface area contributed by atoms with Crippen LogP contribution in [-0.4, -0.2) is 29.9 Å². The first-order valence-corrected chi connectivity index (χ1v) is 11.4. The number of nitrogens with two attached hydrogens (primary N) is 1. The molecule has 160 valence electrons. The molecule has 1 atom stereocenters. The zero-order chi connectivity index (χ0) is 21.8. The molecule has 0 saturated carbocycles.